The first kappa shape index (κ1) is 15.6. The highest BCUT2D eigenvalue weighted by Gasteiger charge is 2.46. The van der Waals surface area contributed by atoms with Gasteiger partial charge < -0.3 is 9.80 Å². The Morgan fingerprint density at radius 1 is 1.08 bits per heavy atom. The summed E-state index contributed by atoms with van der Waals surface area (Å²) >= 11 is 1.60. The monoisotopic (exact) mass is 342 g/mol. The second-order valence-electron chi connectivity index (χ2n) is 6.56. The Morgan fingerprint density at radius 2 is 1.83 bits per heavy atom. The lowest BCUT2D eigenvalue weighted by atomic mass is 9.87. The average molecular weight is 342 g/mol. The van der Waals surface area contributed by atoms with E-state index in [1.54, 1.807) is 11.8 Å². The molecule has 2 unspecified atom stereocenters. The van der Waals surface area contributed by atoms with E-state index in [4.69, 9.17) is 4.98 Å². The maximum atomic E-state index is 4.78. The van der Waals surface area contributed by atoms with Crippen LogP contribution in [0.2, 0.25) is 0 Å². The van der Waals surface area contributed by atoms with Crippen LogP contribution in [0.1, 0.15) is 23.5 Å². The number of hydrogen-bond acceptors (Lipinski definition) is 7. The second kappa shape index (κ2) is 5.88. The molecule has 3 aliphatic heterocycles. The molecule has 3 fully saturated rings. The van der Waals surface area contributed by atoms with Crippen LogP contribution in [0.3, 0.4) is 0 Å². The summed E-state index contributed by atoms with van der Waals surface area (Å²) in [5.41, 5.74) is 2.27. The smallest absolute Gasteiger partial charge is 0.189 e. The van der Waals surface area contributed by atoms with Crippen molar-refractivity contribution >= 4 is 23.4 Å². The minimum atomic E-state index is 0.505. The Bertz CT molecular complexity index is 768. The SMILES string of the molecule is CSc1nc(C)c(C)c(N2CC3CC(C2)N3c2ccnc(C)n2)n1. The minimum Gasteiger partial charge on any atom is -0.352 e. The van der Waals surface area contributed by atoms with Crippen LogP contribution < -0.4 is 9.80 Å². The van der Waals surface area contributed by atoms with E-state index in [0.717, 1.165) is 41.4 Å². The van der Waals surface area contributed by atoms with E-state index >= 15 is 0 Å². The number of hydrogen-bond donors (Lipinski definition) is 0. The summed E-state index contributed by atoms with van der Waals surface area (Å²) in [5.74, 6) is 2.99. The highest BCUT2D eigenvalue weighted by atomic mass is 32.2. The van der Waals surface area contributed by atoms with Crippen molar-refractivity contribution in [2.75, 3.05) is 29.1 Å². The summed E-state index contributed by atoms with van der Waals surface area (Å²) in [6.45, 7) is 8.12. The van der Waals surface area contributed by atoms with Crippen molar-refractivity contribution in [1.29, 1.82) is 0 Å². The lowest BCUT2D eigenvalue weighted by Crippen LogP contribution is -2.69. The number of piperidine rings is 1. The van der Waals surface area contributed by atoms with Crippen molar-refractivity contribution in [1.82, 2.24) is 19.9 Å². The van der Waals surface area contributed by atoms with Gasteiger partial charge in [0, 0.05) is 30.5 Å². The van der Waals surface area contributed by atoms with Gasteiger partial charge in [-0.25, -0.2) is 19.9 Å². The highest BCUT2D eigenvalue weighted by Crippen LogP contribution is 2.38. The first-order chi connectivity index (χ1) is 11.6. The molecule has 0 aromatic carbocycles. The number of aryl methyl sites for hydroxylation is 2. The number of piperazine rings is 1. The molecule has 24 heavy (non-hydrogen) atoms. The minimum absolute atomic E-state index is 0.505. The maximum absolute atomic E-state index is 4.78. The molecule has 2 aromatic heterocycles. The molecule has 0 amide bonds. The van der Waals surface area contributed by atoms with Crippen molar-refractivity contribution in [3.63, 3.8) is 0 Å². The van der Waals surface area contributed by atoms with Gasteiger partial charge in [-0.05, 0) is 39.5 Å². The van der Waals surface area contributed by atoms with E-state index in [1.165, 1.54) is 12.0 Å². The zero-order chi connectivity index (χ0) is 16.8. The van der Waals surface area contributed by atoms with Gasteiger partial charge in [-0.15, -0.1) is 0 Å². The molecule has 3 saturated heterocycles. The van der Waals surface area contributed by atoms with Crippen molar-refractivity contribution in [2.24, 2.45) is 0 Å². The molecule has 2 atom stereocenters. The molecule has 126 valence electrons. The molecule has 6 nitrogen and oxygen atoms in total. The first-order valence-electron chi connectivity index (χ1n) is 8.29. The molecule has 5 heterocycles. The number of thioether (sulfide) groups is 1. The van der Waals surface area contributed by atoms with E-state index in [1.807, 2.05) is 25.4 Å². The molecular formula is C17H22N6S. The molecule has 0 saturated carbocycles. The van der Waals surface area contributed by atoms with Crippen LogP contribution in [0.5, 0.6) is 0 Å². The molecule has 5 rings (SSSR count). The normalized spacial score (nSPS) is 22.5. The molecule has 0 radical (unpaired) electrons. The van der Waals surface area contributed by atoms with Crippen LogP contribution >= 0.6 is 11.8 Å². The molecular weight excluding hydrogens is 320 g/mol. The van der Waals surface area contributed by atoms with Crippen molar-refractivity contribution in [2.45, 2.75) is 44.4 Å². The second-order valence-corrected chi connectivity index (χ2v) is 7.34. The molecule has 3 aliphatic rings. The summed E-state index contributed by atoms with van der Waals surface area (Å²) < 4.78 is 0. The number of rotatable bonds is 3. The molecule has 2 bridgehead atoms. The fourth-order valence-corrected chi connectivity index (χ4v) is 4.14. The van der Waals surface area contributed by atoms with Gasteiger partial charge in [0.25, 0.3) is 0 Å². The summed E-state index contributed by atoms with van der Waals surface area (Å²) in [7, 11) is 0. The van der Waals surface area contributed by atoms with Crippen LogP contribution in [-0.4, -0.2) is 51.4 Å². The molecule has 7 heteroatoms. The van der Waals surface area contributed by atoms with Crippen LogP contribution in [0, 0.1) is 20.8 Å². The number of fused-ring (bicyclic) bond motifs is 2. The van der Waals surface area contributed by atoms with Gasteiger partial charge in [-0.3, -0.25) is 0 Å². The Hall–Kier alpha value is -1.89. The van der Waals surface area contributed by atoms with Gasteiger partial charge in [0.05, 0.1) is 12.1 Å². The molecule has 0 aliphatic carbocycles. The molecule has 0 N–H and O–H groups in total. The Labute approximate surface area is 146 Å². The third-order valence-electron chi connectivity index (χ3n) is 5.04. The van der Waals surface area contributed by atoms with E-state index in [-0.39, 0.29) is 0 Å². The highest BCUT2D eigenvalue weighted by molar-refractivity contribution is 7.98. The Kier molecular flexibility index (Phi) is 3.83. The Balaban J connectivity index is 1.58. The van der Waals surface area contributed by atoms with Gasteiger partial charge in [0.15, 0.2) is 5.16 Å². The number of aromatic nitrogens is 4. The third kappa shape index (κ3) is 2.51. The average Bonchev–Trinajstić information content (AvgIpc) is 2.57. The standard InChI is InChI=1S/C17H22N6S/c1-10-11(2)19-17(24-4)21-16(10)22-8-13-7-14(9-22)23(13)15-5-6-18-12(3)20-15/h5-6,13-14H,7-9H2,1-4H3. The fourth-order valence-electron chi connectivity index (χ4n) is 3.73. The third-order valence-corrected chi connectivity index (χ3v) is 5.59. The molecule has 0 spiro atoms. The zero-order valence-corrected chi connectivity index (χ0v) is 15.3. The maximum Gasteiger partial charge on any atom is 0.189 e. The summed E-state index contributed by atoms with van der Waals surface area (Å²) in [6, 6.07) is 3.03. The van der Waals surface area contributed by atoms with Gasteiger partial charge >= 0.3 is 0 Å². The topological polar surface area (TPSA) is 58.0 Å². The summed E-state index contributed by atoms with van der Waals surface area (Å²) in [4.78, 5) is 23.0. The van der Waals surface area contributed by atoms with E-state index in [2.05, 4.69) is 38.6 Å². The van der Waals surface area contributed by atoms with E-state index < -0.39 is 0 Å². The van der Waals surface area contributed by atoms with Gasteiger partial charge in [-0.2, -0.15) is 0 Å². The van der Waals surface area contributed by atoms with Gasteiger partial charge in [0.2, 0.25) is 0 Å². The van der Waals surface area contributed by atoms with Crippen LogP contribution in [0.4, 0.5) is 11.6 Å². The number of nitrogens with zero attached hydrogens (tertiary/aromatic N) is 6. The summed E-state index contributed by atoms with van der Waals surface area (Å²) in [5, 5.41) is 0.857. The molecule has 2 aromatic rings. The quantitative estimate of drug-likeness (QED) is 0.627. The van der Waals surface area contributed by atoms with Gasteiger partial charge in [0.1, 0.15) is 17.5 Å². The van der Waals surface area contributed by atoms with E-state index in [9.17, 15) is 0 Å². The van der Waals surface area contributed by atoms with E-state index in [0.29, 0.717) is 12.1 Å². The van der Waals surface area contributed by atoms with Crippen LogP contribution in [0.15, 0.2) is 17.4 Å². The first-order valence-corrected chi connectivity index (χ1v) is 9.51. The lowest BCUT2D eigenvalue weighted by Gasteiger charge is -2.57. The summed E-state index contributed by atoms with van der Waals surface area (Å²) in [6.07, 6.45) is 5.12. The number of anilines is 2. The van der Waals surface area contributed by atoms with Crippen molar-refractivity contribution in [3.8, 4) is 0 Å². The van der Waals surface area contributed by atoms with Crippen LogP contribution in [0.25, 0.3) is 0 Å². The fraction of sp³-hybridized carbons (Fsp3) is 0.529. The van der Waals surface area contributed by atoms with Crippen molar-refractivity contribution in [3.05, 3.63) is 29.3 Å². The van der Waals surface area contributed by atoms with Gasteiger partial charge in [-0.1, -0.05) is 11.8 Å². The Morgan fingerprint density at radius 3 is 2.50 bits per heavy atom. The van der Waals surface area contributed by atoms with Crippen LogP contribution in [-0.2, 0) is 0 Å². The predicted molar refractivity (Wildman–Crippen MR) is 96.9 cm³/mol. The zero-order valence-electron chi connectivity index (χ0n) is 14.5. The predicted octanol–water partition coefficient (Wildman–Crippen LogP) is 2.38. The largest absolute Gasteiger partial charge is 0.352 e. The van der Waals surface area contributed by atoms with Crippen molar-refractivity contribution < 1.29 is 0 Å². The lowest BCUT2D eigenvalue weighted by molar-refractivity contribution is 0.287.